The van der Waals surface area contributed by atoms with E-state index in [1.807, 2.05) is 0 Å². The van der Waals surface area contributed by atoms with Gasteiger partial charge in [0.25, 0.3) is 5.76 Å². The highest BCUT2D eigenvalue weighted by Crippen LogP contribution is 2.26. The number of hydrogen-bond donors (Lipinski definition) is 1. The zero-order valence-electron chi connectivity index (χ0n) is 12.5. The number of amides is 1. The summed E-state index contributed by atoms with van der Waals surface area (Å²) in [4.78, 5) is 14.0. The molecule has 0 aromatic heterocycles. The molecule has 1 unspecified atom stereocenters. The fourth-order valence-electron chi connectivity index (χ4n) is 2.34. The maximum absolute atomic E-state index is 12.2. The summed E-state index contributed by atoms with van der Waals surface area (Å²) in [6, 6.07) is 6.07. The molecule has 1 heterocycles. The lowest BCUT2D eigenvalue weighted by Crippen LogP contribution is -2.40. The molecule has 1 atom stereocenters. The van der Waals surface area contributed by atoms with Crippen LogP contribution in [-0.4, -0.2) is 56.1 Å². The van der Waals surface area contributed by atoms with E-state index in [1.54, 1.807) is 31.3 Å². The minimum Gasteiger partial charge on any atom is -0.376 e. The molecule has 9 heteroatoms. The second-order valence-corrected chi connectivity index (χ2v) is 8.61. The van der Waals surface area contributed by atoms with Crippen molar-refractivity contribution in [2.75, 3.05) is 30.4 Å². The highest BCUT2D eigenvalue weighted by Gasteiger charge is 2.32. The van der Waals surface area contributed by atoms with Crippen LogP contribution in [0.4, 0.5) is 14.5 Å². The fraction of sp³-hybridized carbons (Fsp3) is 0.500. The molecule has 0 saturated carbocycles. The van der Waals surface area contributed by atoms with Gasteiger partial charge in [0.05, 0.1) is 18.1 Å². The monoisotopic (exact) mass is 364 g/mol. The van der Waals surface area contributed by atoms with Gasteiger partial charge in [-0.1, -0.05) is 11.8 Å². The molecule has 1 amide bonds. The van der Waals surface area contributed by atoms with Crippen molar-refractivity contribution in [2.24, 2.45) is 0 Å². The summed E-state index contributed by atoms with van der Waals surface area (Å²) < 4.78 is 47.3. The van der Waals surface area contributed by atoms with E-state index in [-0.39, 0.29) is 30.0 Å². The van der Waals surface area contributed by atoms with Gasteiger partial charge < -0.3 is 10.2 Å². The largest absolute Gasteiger partial charge is 0.376 e. The Morgan fingerprint density at radius 3 is 2.57 bits per heavy atom. The Kier molecular flexibility index (Phi) is 5.85. The molecule has 0 spiro atoms. The molecular weight excluding hydrogens is 346 g/mol. The van der Waals surface area contributed by atoms with E-state index in [4.69, 9.17) is 0 Å². The van der Waals surface area contributed by atoms with Gasteiger partial charge in [0.2, 0.25) is 5.91 Å². The second-order valence-electron chi connectivity index (χ2n) is 5.32. The van der Waals surface area contributed by atoms with Crippen LogP contribution in [0, 0.1) is 0 Å². The lowest BCUT2D eigenvalue weighted by molar-refractivity contribution is -0.129. The lowest BCUT2D eigenvalue weighted by atomic mass is 10.2. The first-order valence-corrected chi connectivity index (χ1v) is 9.72. The molecule has 1 saturated heterocycles. The fourth-order valence-corrected chi connectivity index (χ4v) is 4.61. The molecule has 0 radical (unpaired) electrons. The van der Waals surface area contributed by atoms with Gasteiger partial charge >= 0.3 is 0 Å². The topological polar surface area (TPSA) is 66.5 Å². The van der Waals surface area contributed by atoms with Crippen molar-refractivity contribution in [1.29, 1.82) is 0 Å². The quantitative estimate of drug-likeness (QED) is 0.783. The van der Waals surface area contributed by atoms with Crippen molar-refractivity contribution in [2.45, 2.75) is 23.1 Å². The summed E-state index contributed by atoms with van der Waals surface area (Å²) in [6.45, 7) is 0.0222. The van der Waals surface area contributed by atoms with Crippen molar-refractivity contribution in [3.05, 3.63) is 24.3 Å². The van der Waals surface area contributed by atoms with Crippen LogP contribution < -0.4 is 5.32 Å². The number of sulfone groups is 1. The molecule has 128 valence electrons. The van der Waals surface area contributed by atoms with E-state index in [0.717, 1.165) is 0 Å². The number of likely N-dealkylation sites (N-methyl/N-ethyl adjacent to an activating group) is 1. The SMILES string of the molecule is CN(C(=O)CNc1ccc(SC(F)F)cc1)C1CCS(=O)(=O)C1. The smallest absolute Gasteiger partial charge is 0.288 e. The summed E-state index contributed by atoms with van der Waals surface area (Å²) in [6.07, 6.45) is 0.462. The van der Waals surface area contributed by atoms with E-state index >= 15 is 0 Å². The Balaban J connectivity index is 1.84. The molecule has 0 bridgehead atoms. The van der Waals surface area contributed by atoms with Gasteiger partial charge in [-0.15, -0.1) is 0 Å². The molecule has 5 nitrogen and oxygen atoms in total. The third kappa shape index (κ3) is 5.35. The Labute approximate surface area is 138 Å². The number of nitrogens with one attached hydrogen (secondary N) is 1. The number of carbonyl (C=O) groups excluding carboxylic acids is 1. The van der Waals surface area contributed by atoms with Crippen molar-refractivity contribution in [3.63, 3.8) is 0 Å². The average molecular weight is 364 g/mol. The molecule has 2 rings (SSSR count). The maximum atomic E-state index is 12.2. The van der Waals surface area contributed by atoms with Crippen molar-refractivity contribution < 1.29 is 22.0 Å². The van der Waals surface area contributed by atoms with E-state index in [2.05, 4.69) is 5.32 Å². The van der Waals surface area contributed by atoms with Crippen LogP contribution in [0.25, 0.3) is 0 Å². The third-order valence-corrected chi connectivity index (χ3v) is 6.15. The minimum absolute atomic E-state index is 0.00872. The number of thioether (sulfide) groups is 1. The van der Waals surface area contributed by atoms with Crippen LogP contribution in [-0.2, 0) is 14.6 Å². The highest BCUT2D eigenvalue weighted by atomic mass is 32.2. The first-order chi connectivity index (χ1) is 10.8. The van der Waals surface area contributed by atoms with Crippen molar-refractivity contribution in [1.82, 2.24) is 4.90 Å². The summed E-state index contributed by atoms with van der Waals surface area (Å²) >= 11 is 0.460. The van der Waals surface area contributed by atoms with E-state index in [9.17, 15) is 22.0 Å². The zero-order chi connectivity index (χ0) is 17.0. The molecule has 1 N–H and O–H groups in total. The normalized spacial score (nSPS) is 19.7. The zero-order valence-corrected chi connectivity index (χ0v) is 14.2. The van der Waals surface area contributed by atoms with E-state index in [0.29, 0.717) is 28.8 Å². The van der Waals surface area contributed by atoms with Gasteiger partial charge in [-0.2, -0.15) is 8.78 Å². The number of anilines is 1. The molecule has 1 aromatic rings. The molecule has 23 heavy (non-hydrogen) atoms. The van der Waals surface area contributed by atoms with Crippen LogP contribution in [0.1, 0.15) is 6.42 Å². The van der Waals surface area contributed by atoms with Gasteiger partial charge in [-0.05, 0) is 30.7 Å². The highest BCUT2D eigenvalue weighted by molar-refractivity contribution is 7.99. The number of rotatable bonds is 6. The number of benzene rings is 1. The van der Waals surface area contributed by atoms with Gasteiger partial charge in [0.1, 0.15) is 0 Å². The van der Waals surface area contributed by atoms with Crippen molar-refractivity contribution in [3.8, 4) is 0 Å². The van der Waals surface area contributed by atoms with Crippen LogP contribution in [0.5, 0.6) is 0 Å². The predicted octanol–water partition coefficient (Wildman–Crippen LogP) is 2.06. The molecular formula is C14H18F2N2O3S2. The number of hydrogen-bond acceptors (Lipinski definition) is 5. The minimum atomic E-state index is -3.03. The molecule has 0 aliphatic carbocycles. The molecule has 1 fully saturated rings. The summed E-state index contributed by atoms with van der Waals surface area (Å²) in [5.41, 5.74) is 0.643. The molecule has 1 aliphatic heterocycles. The summed E-state index contributed by atoms with van der Waals surface area (Å²) in [5, 5.41) is 2.91. The first kappa shape index (κ1) is 18.0. The van der Waals surface area contributed by atoms with Crippen LogP contribution in [0.3, 0.4) is 0 Å². The summed E-state index contributed by atoms with van der Waals surface area (Å²) in [5.74, 6) is -2.55. The number of halogens is 2. The van der Waals surface area contributed by atoms with Crippen LogP contribution >= 0.6 is 11.8 Å². The van der Waals surface area contributed by atoms with E-state index in [1.165, 1.54) is 4.90 Å². The van der Waals surface area contributed by atoms with E-state index < -0.39 is 15.6 Å². The predicted molar refractivity (Wildman–Crippen MR) is 86.6 cm³/mol. The number of alkyl halides is 2. The summed E-state index contributed by atoms with van der Waals surface area (Å²) in [7, 11) is -1.44. The van der Waals surface area contributed by atoms with Crippen molar-refractivity contribution >= 4 is 33.2 Å². The standard InChI is InChI=1S/C14H18F2N2O3S2/c1-18(11-6-7-23(20,21)9-11)13(19)8-17-10-2-4-12(5-3-10)22-14(15)16/h2-5,11,14,17H,6-9H2,1H3. The number of carbonyl (C=O) groups is 1. The number of nitrogens with zero attached hydrogens (tertiary/aromatic N) is 1. The van der Waals surface area contributed by atoms with Crippen LogP contribution in [0.2, 0.25) is 0 Å². The second kappa shape index (κ2) is 7.48. The van der Waals surface area contributed by atoms with Gasteiger partial charge in [0.15, 0.2) is 9.84 Å². The Bertz CT molecular complexity index is 650. The first-order valence-electron chi connectivity index (χ1n) is 7.02. The molecule has 1 aromatic carbocycles. The third-order valence-electron chi connectivity index (χ3n) is 3.67. The van der Waals surface area contributed by atoms with Gasteiger partial charge in [-0.25, -0.2) is 8.42 Å². The molecule has 1 aliphatic rings. The Morgan fingerprint density at radius 2 is 2.04 bits per heavy atom. The van der Waals surface area contributed by atoms with Crippen LogP contribution in [0.15, 0.2) is 29.2 Å². The maximum Gasteiger partial charge on any atom is 0.288 e. The average Bonchev–Trinajstić information content (AvgIpc) is 2.85. The van der Waals surface area contributed by atoms with Gasteiger partial charge in [0, 0.05) is 23.7 Å². The van der Waals surface area contributed by atoms with Gasteiger partial charge in [-0.3, -0.25) is 4.79 Å². The Morgan fingerprint density at radius 1 is 1.39 bits per heavy atom. The lowest BCUT2D eigenvalue weighted by Gasteiger charge is -2.23. The Hall–Kier alpha value is -1.35.